The Kier molecular flexibility index (Phi) is 63.8. The van der Waals surface area contributed by atoms with Gasteiger partial charge in [0.05, 0.1) is 6.42 Å². The minimum absolute atomic E-state index is 0.0972. The van der Waals surface area contributed by atoms with E-state index in [9.17, 15) is 14.4 Å². The van der Waals surface area contributed by atoms with Gasteiger partial charge in [0.25, 0.3) is 0 Å². The Morgan fingerprint density at radius 3 is 0.825 bits per heavy atom. The third-order valence-corrected chi connectivity index (χ3v) is 14.2. The van der Waals surface area contributed by atoms with Crippen molar-refractivity contribution in [3.8, 4) is 0 Å². The summed E-state index contributed by atoms with van der Waals surface area (Å²) >= 11 is 0. The number of esters is 3. The predicted octanol–water partition coefficient (Wildman–Crippen LogP) is 23.2. The molecule has 0 heterocycles. The SMILES string of the molecule is CC/C=C\C/C=C\C/C=C\C/C=C\C/C=C\CCCCCCCCCCCCCCCCCCCC(=O)OCC(COC(=O)CCCCCCCCCCCCCCCC)OC(=O)C/C=C\C/C=C\C/C=C\C/C=C\C/C=C\CC. The molecule has 80 heavy (non-hydrogen) atoms. The highest BCUT2D eigenvalue weighted by Crippen LogP contribution is 2.17. The average Bonchev–Trinajstić information content (AvgIpc) is 3.46. The van der Waals surface area contributed by atoms with Gasteiger partial charge >= 0.3 is 17.9 Å². The zero-order valence-electron chi connectivity index (χ0n) is 52.3. The van der Waals surface area contributed by atoms with Crippen LogP contribution in [0.1, 0.15) is 310 Å². The van der Waals surface area contributed by atoms with Gasteiger partial charge in [-0.25, -0.2) is 0 Å². The molecule has 1 atom stereocenters. The van der Waals surface area contributed by atoms with E-state index in [4.69, 9.17) is 14.2 Å². The molecule has 456 valence electrons. The molecule has 0 aliphatic heterocycles. The van der Waals surface area contributed by atoms with Crippen LogP contribution in [0, 0.1) is 0 Å². The highest BCUT2D eigenvalue weighted by molar-refractivity contribution is 5.72. The van der Waals surface area contributed by atoms with E-state index in [1.165, 1.54) is 167 Å². The molecular weight excluding hydrogens is 985 g/mol. The number of carbonyl (C=O) groups excluding carboxylic acids is 3. The molecule has 0 aromatic rings. The normalized spacial score (nSPS) is 12.9. The minimum atomic E-state index is -0.832. The molecule has 0 fully saturated rings. The predicted molar refractivity (Wildman–Crippen MR) is 348 cm³/mol. The Labute approximate surface area is 494 Å². The maximum absolute atomic E-state index is 12.8. The molecule has 0 aliphatic carbocycles. The van der Waals surface area contributed by atoms with E-state index >= 15 is 0 Å². The lowest BCUT2D eigenvalue weighted by Gasteiger charge is -2.18. The lowest BCUT2D eigenvalue weighted by Crippen LogP contribution is -2.30. The summed E-state index contributed by atoms with van der Waals surface area (Å²) in [6.45, 7) is 6.35. The molecule has 0 bridgehead atoms. The van der Waals surface area contributed by atoms with Crippen LogP contribution < -0.4 is 0 Å². The second-order valence-corrected chi connectivity index (χ2v) is 22.0. The quantitative estimate of drug-likeness (QED) is 0.0261. The standard InChI is InChI=1S/C74H124O6/c1-4-7-10-13-16-19-22-25-28-29-30-31-32-33-34-35-36-37-38-39-40-41-42-43-44-45-47-49-52-55-58-61-64-67-73(76)79-70-71(69-78-72(75)66-63-60-57-54-51-48-27-24-21-18-15-12-9-6-3)80-74(77)68-65-62-59-56-53-50-46-26-23-20-17-14-11-8-5-2/h7-8,10-11,16-17,19-20,25-26,28,30-31,33-34,46,53,56,62,65,71H,4-6,9,12-15,18,21-24,27,29,32,35-45,47-52,54-55,57-61,63-64,66-70H2,1-3H3/b10-7-,11-8-,19-16-,20-17-,28-25-,31-30-,34-33-,46-26-,56-53-,65-62-. The summed E-state index contributed by atoms with van der Waals surface area (Å²) in [6, 6.07) is 0. The largest absolute Gasteiger partial charge is 0.462 e. The Morgan fingerprint density at radius 1 is 0.275 bits per heavy atom. The maximum atomic E-state index is 12.8. The van der Waals surface area contributed by atoms with E-state index in [2.05, 4.69) is 130 Å². The van der Waals surface area contributed by atoms with Crippen molar-refractivity contribution < 1.29 is 28.6 Å². The summed E-state index contributed by atoms with van der Waals surface area (Å²) in [5, 5.41) is 0. The van der Waals surface area contributed by atoms with Crippen molar-refractivity contribution in [2.75, 3.05) is 13.2 Å². The van der Waals surface area contributed by atoms with Gasteiger partial charge in [0, 0.05) is 12.8 Å². The first kappa shape index (κ1) is 75.8. The molecule has 0 aromatic carbocycles. The van der Waals surface area contributed by atoms with Crippen LogP contribution in [0.15, 0.2) is 122 Å². The van der Waals surface area contributed by atoms with Gasteiger partial charge in [-0.05, 0) is 89.9 Å². The van der Waals surface area contributed by atoms with Gasteiger partial charge in [-0.1, -0.05) is 322 Å². The number of rotatable bonds is 60. The first-order chi connectivity index (χ1) is 39.5. The van der Waals surface area contributed by atoms with Gasteiger partial charge in [-0.2, -0.15) is 0 Å². The van der Waals surface area contributed by atoms with Gasteiger partial charge in [0.15, 0.2) is 6.10 Å². The van der Waals surface area contributed by atoms with Crippen molar-refractivity contribution in [1.29, 1.82) is 0 Å². The number of hydrogen-bond acceptors (Lipinski definition) is 6. The molecule has 6 nitrogen and oxygen atoms in total. The second kappa shape index (κ2) is 67.3. The zero-order chi connectivity index (χ0) is 57.8. The summed E-state index contributed by atoms with van der Waals surface area (Å²) in [6.07, 6.45) is 94.0. The Balaban J connectivity index is 4.23. The molecule has 1 unspecified atom stereocenters. The van der Waals surface area contributed by atoms with Crippen molar-refractivity contribution in [3.63, 3.8) is 0 Å². The van der Waals surface area contributed by atoms with E-state index in [0.717, 1.165) is 103 Å². The number of allylic oxidation sites excluding steroid dienone is 19. The average molecular weight is 1110 g/mol. The summed E-state index contributed by atoms with van der Waals surface area (Å²) in [7, 11) is 0. The molecule has 0 N–H and O–H groups in total. The van der Waals surface area contributed by atoms with Crippen LogP contribution in [0.4, 0.5) is 0 Å². The molecule has 0 spiro atoms. The van der Waals surface area contributed by atoms with Crippen LogP contribution in [-0.2, 0) is 28.6 Å². The second-order valence-electron chi connectivity index (χ2n) is 22.0. The highest BCUT2D eigenvalue weighted by atomic mass is 16.6. The molecule has 6 heteroatoms. The molecule has 0 aliphatic rings. The van der Waals surface area contributed by atoms with Gasteiger partial charge in [0.1, 0.15) is 13.2 Å². The van der Waals surface area contributed by atoms with Crippen LogP contribution in [0.3, 0.4) is 0 Å². The molecule has 0 amide bonds. The van der Waals surface area contributed by atoms with Crippen LogP contribution in [0.2, 0.25) is 0 Å². The van der Waals surface area contributed by atoms with E-state index < -0.39 is 12.1 Å². The van der Waals surface area contributed by atoms with Crippen molar-refractivity contribution in [2.24, 2.45) is 0 Å². The fraction of sp³-hybridized carbons (Fsp3) is 0.689. The van der Waals surface area contributed by atoms with Gasteiger partial charge in [-0.15, -0.1) is 0 Å². The first-order valence-electron chi connectivity index (χ1n) is 33.5. The molecular formula is C74H124O6. The van der Waals surface area contributed by atoms with Crippen LogP contribution >= 0.6 is 0 Å². The smallest absolute Gasteiger partial charge is 0.310 e. The van der Waals surface area contributed by atoms with Gasteiger partial charge in [-0.3, -0.25) is 14.4 Å². The van der Waals surface area contributed by atoms with E-state index in [1.807, 2.05) is 6.08 Å². The number of hydrogen-bond donors (Lipinski definition) is 0. The summed E-state index contributed by atoms with van der Waals surface area (Å²) in [5.41, 5.74) is 0. The van der Waals surface area contributed by atoms with Gasteiger partial charge in [0.2, 0.25) is 0 Å². The molecule has 0 rings (SSSR count). The molecule has 0 saturated heterocycles. The molecule has 0 aromatic heterocycles. The number of carbonyl (C=O) groups is 3. The molecule has 0 saturated carbocycles. The van der Waals surface area contributed by atoms with Crippen molar-refractivity contribution >= 4 is 17.9 Å². The fourth-order valence-corrected chi connectivity index (χ4v) is 9.31. The Hall–Kier alpha value is -4.19. The Bertz CT molecular complexity index is 1650. The summed E-state index contributed by atoms with van der Waals surface area (Å²) in [5.74, 6) is -1.03. The van der Waals surface area contributed by atoms with E-state index in [0.29, 0.717) is 12.8 Å². The van der Waals surface area contributed by atoms with Crippen molar-refractivity contribution in [3.05, 3.63) is 122 Å². The summed E-state index contributed by atoms with van der Waals surface area (Å²) in [4.78, 5) is 38.2. The zero-order valence-corrected chi connectivity index (χ0v) is 52.3. The maximum Gasteiger partial charge on any atom is 0.310 e. The third-order valence-electron chi connectivity index (χ3n) is 14.2. The molecule has 0 radical (unpaired) electrons. The monoisotopic (exact) mass is 1110 g/mol. The fourth-order valence-electron chi connectivity index (χ4n) is 9.31. The number of unbranched alkanes of at least 4 members (excludes halogenated alkanes) is 30. The highest BCUT2D eigenvalue weighted by Gasteiger charge is 2.19. The van der Waals surface area contributed by atoms with Gasteiger partial charge < -0.3 is 14.2 Å². The number of ether oxygens (including phenoxy) is 3. The topological polar surface area (TPSA) is 78.9 Å². The van der Waals surface area contributed by atoms with Crippen LogP contribution in [0.25, 0.3) is 0 Å². The minimum Gasteiger partial charge on any atom is -0.462 e. The van der Waals surface area contributed by atoms with Crippen molar-refractivity contribution in [2.45, 2.75) is 316 Å². The van der Waals surface area contributed by atoms with Crippen LogP contribution in [0.5, 0.6) is 0 Å². The summed E-state index contributed by atoms with van der Waals surface area (Å²) < 4.78 is 16.8. The lowest BCUT2D eigenvalue weighted by atomic mass is 10.0. The third kappa shape index (κ3) is 64.6. The van der Waals surface area contributed by atoms with E-state index in [-0.39, 0.29) is 31.6 Å². The van der Waals surface area contributed by atoms with Crippen LogP contribution in [-0.4, -0.2) is 37.2 Å². The van der Waals surface area contributed by atoms with E-state index in [1.54, 1.807) is 6.08 Å². The Morgan fingerprint density at radius 2 is 0.525 bits per heavy atom. The van der Waals surface area contributed by atoms with Crippen molar-refractivity contribution in [1.82, 2.24) is 0 Å². The first-order valence-corrected chi connectivity index (χ1v) is 33.5. The lowest BCUT2D eigenvalue weighted by molar-refractivity contribution is -0.166.